The van der Waals surface area contributed by atoms with Crippen LogP contribution >= 0.6 is 0 Å². The lowest BCUT2D eigenvalue weighted by molar-refractivity contribution is -0.132. The number of imidazole rings is 1. The van der Waals surface area contributed by atoms with Gasteiger partial charge in [-0.1, -0.05) is 25.1 Å². The van der Waals surface area contributed by atoms with Gasteiger partial charge in [0.25, 0.3) is 0 Å². The summed E-state index contributed by atoms with van der Waals surface area (Å²) in [6.45, 7) is 4.75. The van der Waals surface area contributed by atoms with Crippen LogP contribution < -0.4 is 0 Å². The summed E-state index contributed by atoms with van der Waals surface area (Å²) in [6.07, 6.45) is 4.40. The Morgan fingerprint density at radius 1 is 1.15 bits per heavy atom. The number of benzene rings is 1. The van der Waals surface area contributed by atoms with Gasteiger partial charge >= 0.3 is 0 Å². The average Bonchev–Trinajstić information content (AvgIpc) is 3.04. The minimum absolute atomic E-state index is 0.0986. The fraction of sp³-hybridized carbons (Fsp3) is 0.381. The number of aromatic nitrogens is 3. The van der Waals surface area contributed by atoms with Crippen molar-refractivity contribution >= 4 is 16.9 Å². The lowest BCUT2D eigenvalue weighted by Crippen LogP contribution is -2.35. The number of rotatable bonds is 7. The van der Waals surface area contributed by atoms with Gasteiger partial charge in [0, 0.05) is 38.3 Å². The van der Waals surface area contributed by atoms with Crippen molar-refractivity contribution in [1.82, 2.24) is 19.4 Å². The Kier molecular flexibility index (Phi) is 5.66. The maximum absolute atomic E-state index is 13.0. The summed E-state index contributed by atoms with van der Waals surface area (Å²) in [5.41, 5.74) is 2.97. The molecule has 0 saturated heterocycles. The van der Waals surface area contributed by atoms with E-state index < -0.39 is 0 Å². The van der Waals surface area contributed by atoms with Crippen LogP contribution in [0.3, 0.4) is 0 Å². The Morgan fingerprint density at radius 3 is 2.65 bits per heavy atom. The molecule has 5 heteroatoms. The number of nitrogens with zero attached hydrogens (tertiary/aromatic N) is 4. The first-order valence-electron chi connectivity index (χ1n) is 9.22. The number of pyridine rings is 1. The number of likely N-dealkylation sites (N-methyl/N-ethyl adjacent to an activating group) is 1. The third-order valence-corrected chi connectivity index (χ3v) is 4.69. The van der Waals surface area contributed by atoms with Gasteiger partial charge in [-0.15, -0.1) is 0 Å². The first kappa shape index (κ1) is 18.1. The molecule has 2 aromatic heterocycles. The Hall–Kier alpha value is -2.69. The first-order chi connectivity index (χ1) is 12.6. The van der Waals surface area contributed by atoms with E-state index in [4.69, 9.17) is 4.98 Å². The third kappa shape index (κ3) is 3.77. The maximum atomic E-state index is 13.0. The summed E-state index contributed by atoms with van der Waals surface area (Å²) in [6, 6.07) is 13.6. The van der Waals surface area contributed by atoms with Gasteiger partial charge in [-0.2, -0.15) is 0 Å². The molecule has 0 aliphatic rings. The van der Waals surface area contributed by atoms with Crippen LogP contribution in [0.25, 0.3) is 11.0 Å². The lowest BCUT2D eigenvalue weighted by atomic mass is 10.2. The number of aryl methyl sites for hydroxylation is 1. The fourth-order valence-corrected chi connectivity index (χ4v) is 3.29. The molecule has 1 aromatic carbocycles. The standard InChI is InChI=1S/C21H26N4O/c1-4-9-20-23-18-11-5-6-12-19(18)25(20)16(2)21(26)24(3)15-13-17-10-7-8-14-22-17/h5-8,10-12,14,16H,4,9,13,15H2,1-3H3. The monoisotopic (exact) mass is 350 g/mol. The molecule has 136 valence electrons. The second-order valence-electron chi connectivity index (χ2n) is 6.64. The molecule has 0 saturated carbocycles. The van der Waals surface area contributed by atoms with Gasteiger partial charge in [-0.25, -0.2) is 4.98 Å². The number of para-hydroxylation sites is 2. The van der Waals surface area contributed by atoms with Gasteiger partial charge in [0.2, 0.25) is 5.91 Å². The van der Waals surface area contributed by atoms with Crippen molar-refractivity contribution in [1.29, 1.82) is 0 Å². The number of fused-ring (bicyclic) bond motifs is 1. The smallest absolute Gasteiger partial charge is 0.245 e. The summed E-state index contributed by atoms with van der Waals surface area (Å²) in [7, 11) is 1.86. The zero-order chi connectivity index (χ0) is 18.5. The molecule has 0 N–H and O–H groups in total. The van der Waals surface area contributed by atoms with Gasteiger partial charge in [-0.3, -0.25) is 9.78 Å². The van der Waals surface area contributed by atoms with Crippen LogP contribution in [0.1, 0.15) is 37.8 Å². The van der Waals surface area contributed by atoms with E-state index in [1.807, 2.05) is 56.4 Å². The highest BCUT2D eigenvalue weighted by Gasteiger charge is 2.23. The van der Waals surface area contributed by atoms with Crippen molar-refractivity contribution in [3.8, 4) is 0 Å². The molecule has 3 aromatic rings. The van der Waals surface area contributed by atoms with Gasteiger partial charge in [0.15, 0.2) is 0 Å². The largest absolute Gasteiger partial charge is 0.344 e. The van der Waals surface area contributed by atoms with E-state index in [2.05, 4.69) is 16.5 Å². The Labute approximate surface area is 154 Å². The van der Waals surface area contributed by atoms with Crippen molar-refractivity contribution in [2.75, 3.05) is 13.6 Å². The number of hydrogen-bond acceptors (Lipinski definition) is 3. The molecule has 1 amide bonds. The second kappa shape index (κ2) is 8.13. The average molecular weight is 350 g/mol. The summed E-state index contributed by atoms with van der Waals surface area (Å²) in [4.78, 5) is 23.9. The molecule has 0 spiro atoms. The van der Waals surface area contributed by atoms with Gasteiger partial charge in [0.05, 0.1) is 11.0 Å². The predicted molar refractivity (Wildman–Crippen MR) is 104 cm³/mol. The Morgan fingerprint density at radius 2 is 1.92 bits per heavy atom. The Balaban J connectivity index is 1.79. The Bertz CT molecular complexity index is 872. The van der Waals surface area contributed by atoms with Crippen molar-refractivity contribution in [3.63, 3.8) is 0 Å². The van der Waals surface area contributed by atoms with E-state index in [0.29, 0.717) is 6.54 Å². The fourth-order valence-electron chi connectivity index (χ4n) is 3.29. The summed E-state index contributed by atoms with van der Waals surface area (Å²) < 4.78 is 2.10. The number of carbonyl (C=O) groups is 1. The van der Waals surface area contributed by atoms with Crippen molar-refractivity contribution in [2.45, 2.75) is 39.2 Å². The molecule has 0 aliphatic heterocycles. The molecule has 5 nitrogen and oxygen atoms in total. The topological polar surface area (TPSA) is 51.0 Å². The maximum Gasteiger partial charge on any atom is 0.245 e. The van der Waals surface area contributed by atoms with Gasteiger partial charge < -0.3 is 9.47 Å². The molecule has 0 bridgehead atoms. The van der Waals surface area contributed by atoms with Crippen LogP contribution in [0, 0.1) is 0 Å². The van der Waals surface area contributed by atoms with Gasteiger partial charge in [0.1, 0.15) is 11.9 Å². The molecular formula is C21H26N4O. The van der Waals surface area contributed by atoms with Crippen LogP contribution in [0.2, 0.25) is 0 Å². The molecule has 0 radical (unpaired) electrons. The highest BCUT2D eigenvalue weighted by atomic mass is 16.2. The zero-order valence-corrected chi connectivity index (χ0v) is 15.7. The van der Waals surface area contributed by atoms with Crippen LogP contribution in [0.15, 0.2) is 48.7 Å². The van der Waals surface area contributed by atoms with Crippen LogP contribution in [0.5, 0.6) is 0 Å². The van der Waals surface area contributed by atoms with Crippen LogP contribution in [-0.2, 0) is 17.6 Å². The molecule has 0 aliphatic carbocycles. The van der Waals surface area contributed by atoms with E-state index in [1.54, 1.807) is 11.1 Å². The van der Waals surface area contributed by atoms with E-state index in [1.165, 1.54) is 0 Å². The molecular weight excluding hydrogens is 324 g/mol. The van der Waals surface area contributed by atoms with E-state index >= 15 is 0 Å². The zero-order valence-electron chi connectivity index (χ0n) is 15.7. The minimum Gasteiger partial charge on any atom is -0.344 e. The van der Waals surface area contributed by atoms with E-state index in [0.717, 1.165) is 41.8 Å². The molecule has 1 unspecified atom stereocenters. The molecule has 2 heterocycles. The van der Waals surface area contributed by atoms with Crippen molar-refractivity contribution in [3.05, 3.63) is 60.2 Å². The first-order valence-corrected chi connectivity index (χ1v) is 9.22. The third-order valence-electron chi connectivity index (χ3n) is 4.69. The normalized spacial score (nSPS) is 12.3. The molecule has 3 rings (SSSR count). The van der Waals surface area contributed by atoms with E-state index in [-0.39, 0.29) is 11.9 Å². The SMILES string of the molecule is CCCc1nc2ccccc2n1C(C)C(=O)N(C)CCc1ccccn1. The quantitative estimate of drug-likeness (QED) is 0.653. The highest BCUT2D eigenvalue weighted by molar-refractivity contribution is 5.84. The van der Waals surface area contributed by atoms with Gasteiger partial charge in [-0.05, 0) is 37.6 Å². The molecule has 0 fully saturated rings. The molecule has 26 heavy (non-hydrogen) atoms. The summed E-state index contributed by atoms with van der Waals surface area (Å²) >= 11 is 0. The second-order valence-corrected chi connectivity index (χ2v) is 6.64. The number of carbonyl (C=O) groups excluding carboxylic acids is 1. The molecule has 1 atom stereocenters. The lowest BCUT2D eigenvalue weighted by Gasteiger charge is -2.24. The summed E-state index contributed by atoms with van der Waals surface area (Å²) in [5, 5.41) is 0. The van der Waals surface area contributed by atoms with Crippen LogP contribution in [0.4, 0.5) is 0 Å². The summed E-state index contributed by atoms with van der Waals surface area (Å²) in [5.74, 6) is 1.08. The number of hydrogen-bond donors (Lipinski definition) is 0. The number of amides is 1. The van der Waals surface area contributed by atoms with Crippen LogP contribution in [-0.4, -0.2) is 38.9 Å². The van der Waals surface area contributed by atoms with Crippen molar-refractivity contribution in [2.24, 2.45) is 0 Å². The highest BCUT2D eigenvalue weighted by Crippen LogP contribution is 2.23. The minimum atomic E-state index is -0.280. The van der Waals surface area contributed by atoms with E-state index in [9.17, 15) is 4.79 Å². The predicted octanol–water partition coefficient (Wildman–Crippen LogP) is 3.65. The van der Waals surface area contributed by atoms with Crippen molar-refractivity contribution < 1.29 is 4.79 Å².